The topological polar surface area (TPSA) is 58.6 Å². The fraction of sp³-hybridized carbons (Fsp3) is 0.533. The highest BCUT2D eigenvalue weighted by molar-refractivity contribution is 9.10. The van der Waals surface area contributed by atoms with Crippen molar-refractivity contribution in [2.24, 2.45) is 5.92 Å². The zero-order chi connectivity index (χ0) is 15.1. The number of aliphatic hydroxyl groups is 1. The van der Waals surface area contributed by atoms with Gasteiger partial charge in [0, 0.05) is 17.1 Å². The molecule has 0 bridgehead atoms. The van der Waals surface area contributed by atoms with Gasteiger partial charge in [0.2, 0.25) is 0 Å². The lowest BCUT2D eigenvalue weighted by molar-refractivity contribution is -0.128. The lowest BCUT2D eigenvalue weighted by Crippen LogP contribution is -2.45. The Bertz CT molecular complexity index is 420. The molecule has 2 atom stereocenters. The predicted molar refractivity (Wildman–Crippen MR) is 82.7 cm³/mol. The van der Waals surface area contributed by atoms with Crippen molar-refractivity contribution < 1.29 is 14.6 Å². The molecule has 1 rings (SSSR count). The molecule has 2 unspecified atom stereocenters. The summed E-state index contributed by atoms with van der Waals surface area (Å²) in [6, 6.07) is 7.30. The van der Waals surface area contributed by atoms with E-state index in [1.807, 2.05) is 38.1 Å². The fourth-order valence-electron chi connectivity index (χ4n) is 1.78. The number of benzene rings is 1. The standard InChI is InChI=1S/C15H22BrNO3/c1-10(2)14(8-9-18)17-15(19)11(3)20-13-6-4-12(16)5-7-13/h4-7,10-11,14,18H,8-9H2,1-3H3,(H,17,19). The monoisotopic (exact) mass is 343 g/mol. The third-order valence-electron chi connectivity index (χ3n) is 3.07. The van der Waals surface area contributed by atoms with E-state index < -0.39 is 6.10 Å². The predicted octanol–water partition coefficient (Wildman–Crippen LogP) is 2.74. The molecule has 4 nitrogen and oxygen atoms in total. The maximum Gasteiger partial charge on any atom is 0.261 e. The van der Waals surface area contributed by atoms with Crippen LogP contribution in [0, 0.1) is 5.92 Å². The highest BCUT2D eigenvalue weighted by atomic mass is 79.9. The van der Waals surface area contributed by atoms with Crippen molar-refractivity contribution in [3.8, 4) is 5.75 Å². The second-order valence-electron chi connectivity index (χ2n) is 5.09. The molecule has 0 fully saturated rings. The van der Waals surface area contributed by atoms with Crippen molar-refractivity contribution in [1.29, 1.82) is 0 Å². The molecule has 5 heteroatoms. The number of rotatable bonds is 7. The average molecular weight is 344 g/mol. The van der Waals surface area contributed by atoms with E-state index in [2.05, 4.69) is 21.2 Å². The van der Waals surface area contributed by atoms with Crippen LogP contribution in [0.4, 0.5) is 0 Å². The van der Waals surface area contributed by atoms with Crippen LogP contribution in [0.25, 0.3) is 0 Å². The maximum atomic E-state index is 12.1. The van der Waals surface area contributed by atoms with Gasteiger partial charge in [0.05, 0.1) is 0 Å². The van der Waals surface area contributed by atoms with Crippen molar-refractivity contribution in [1.82, 2.24) is 5.32 Å². The van der Waals surface area contributed by atoms with Gasteiger partial charge in [-0.3, -0.25) is 4.79 Å². The molecule has 0 saturated carbocycles. The van der Waals surface area contributed by atoms with Gasteiger partial charge in [0.15, 0.2) is 6.10 Å². The molecule has 20 heavy (non-hydrogen) atoms. The number of nitrogens with one attached hydrogen (secondary N) is 1. The third-order valence-corrected chi connectivity index (χ3v) is 3.60. The van der Waals surface area contributed by atoms with Crippen LogP contribution in [-0.4, -0.2) is 29.8 Å². The molecule has 112 valence electrons. The van der Waals surface area contributed by atoms with Crippen molar-refractivity contribution in [3.05, 3.63) is 28.7 Å². The number of hydrogen-bond donors (Lipinski definition) is 2. The first-order valence-electron chi connectivity index (χ1n) is 6.77. The van der Waals surface area contributed by atoms with Gasteiger partial charge in [0.25, 0.3) is 5.91 Å². The van der Waals surface area contributed by atoms with E-state index in [-0.39, 0.29) is 24.5 Å². The highest BCUT2D eigenvalue weighted by Gasteiger charge is 2.20. The largest absolute Gasteiger partial charge is 0.481 e. The second kappa shape index (κ2) is 8.27. The second-order valence-corrected chi connectivity index (χ2v) is 6.00. The van der Waals surface area contributed by atoms with E-state index in [1.54, 1.807) is 6.92 Å². The minimum atomic E-state index is -0.573. The summed E-state index contributed by atoms with van der Waals surface area (Å²) in [5.41, 5.74) is 0. The van der Waals surface area contributed by atoms with E-state index in [0.717, 1.165) is 4.47 Å². The van der Waals surface area contributed by atoms with E-state index in [9.17, 15) is 4.79 Å². The van der Waals surface area contributed by atoms with Crippen LogP contribution in [-0.2, 0) is 4.79 Å². The summed E-state index contributed by atoms with van der Waals surface area (Å²) in [6.45, 7) is 5.81. The third kappa shape index (κ3) is 5.51. The van der Waals surface area contributed by atoms with Crippen LogP contribution in [0.15, 0.2) is 28.7 Å². The Morgan fingerprint density at radius 1 is 1.30 bits per heavy atom. The van der Waals surface area contributed by atoms with Crippen molar-refractivity contribution >= 4 is 21.8 Å². The normalized spacial score (nSPS) is 13.9. The zero-order valence-corrected chi connectivity index (χ0v) is 13.7. The summed E-state index contributed by atoms with van der Waals surface area (Å²) in [5.74, 6) is 0.755. The van der Waals surface area contributed by atoms with Gasteiger partial charge in [-0.1, -0.05) is 29.8 Å². The van der Waals surface area contributed by atoms with Gasteiger partial charge >= 0.3 is 0 Å². The summed E-state index contributed by atoms with van der Waals surface area (Å²) in [7, 11) is 0. The summed E-state index contributed by atoms with van der Waals surface area (Å²) in [6.07, 6.45) is -0.0230. The average Bonchev–Trinajstić information content (AvgIpc) is 2.40. The number of carbonyl (C=O) groups is 1. The van der Waals surface area contributed by atoms with Gasteiger partial charge in [0.1, 0.15) is 5.75 Å². The summed E-state index contributed by atoms with van der Waals surface area (Å²) in [5, 5.41) is 11.9. The number of hydrogen-bond acceptors (Lipinski definition) is 3. The maximum absolute atomic E-state index is 12.1. The van der Waals surface area contributed by atoms with Gasteiger partial charge in [-0.05, 0) is 43.5 Å². The first-order chi connectivity index (χ1) is 9.43. The SMILES string of the molecule is CC(Oc1ccc(Br)cc1)C(=O)NC(CCO)C(C)C. The Morgan fingerprint density at radius 3 is 2.40 bits per heavy atom. The minimum Gasteiger partial charge on any atom is -0.481 e. The van der Waals surface area contributed by atoms with Crippen LogP contribution < -0.4 is 10.1 Å². The number of aliphatic hydroxyl groups excluding tert-OH is 1. The Labute approximate surface area is 128 Å². The molecule has 1 amide bonds. The van der Waals surface area contributed by atoms with E-state index in [1.165, 1.54) is 0 Å². The Kier molecular flexibility index (Phi) is 7.02. The zero-order valence-electron chi connectivity index (χ0n) is 12.1. The molecule has 0 saturated heterocycles. The number of ether oxygens (including phenoxy) is 1. The lowest BCUT2D eigenvalue weighted by Gasteiger charge is -2.24. The first-order valence-corrected chi connectivity index (χ1v) is 7.56. The highest BCUT2D eigenvalue weighted by Crippen LogP contribution is 2.17. The van der Waals surface area contributed by atoms with E-state index >= 15 is 0 Å². The molecule has 1 aromatic rings. The minimum absolute atomic E-state index is 0.0385. The molecule has 0 heterocycles. The number of amides is 1. The molecule has 0 radical (unpaired) electrons. The number of carbonyl (C=O) groups excluding carboxylic acids is 1. The van der Waals surface area contributed by atoms with E-state index in [0.29, 0.717) is 12.2 Å². The Morgan fingerprint density at radius 2 is 1.90 bits per heavy atom. The van der Waals surface area contributed by atoms with Crippen LogP contribution in [0.2, 0.25) is 0 Å². The van der Waals surface area contributed by atoms with Gasteiger partial charge < -0.3 is 15.2 Å². The summed E-state index contributed by atoms with van der Waals surface area (Å²) >= 11 is 3.35. The molecular formula is C15H22BrNO3. The number of halogens is 1. The van der Waals surface area contributed by atoms with Crippen molar-refractivity contribution in [2.45, 2.75) is 39.3 Å². The Balaban J connectivity index is 2.55. The molecule has 2 N–H and O–H groups in total. The van der Waals surface area contributed by atoms with E-state index in [4.69, 9.17) is 9.84 Å². The summed E-state index contributed by atoms with van der Waals surface area (Å²) < 4.78 is 6.56. The first kappa shape index (κ1) is 17.0. The van der Waals surface area contributed by atoms with Crippen LogP contribution >= 0.6 is 15.9 Å². The molecule has 0 aliphatic heterocycles. The molecule has 1 aromatic carbocycles. The fourth-order valence-corrected chi connectivity index (χ4v) is 2.05. The Hall–Kier alpha value is -1.07. The molecule has 0 spiro atoms. The van der Waals surface area contributed by atoms with Gasteiger partial charge in [-0.25, -0.2) is 0 Å². The quantitative estimate of drug-likeness (QED) is 0.800. The molecule has 0 aliphatic carbocycles. The van der Waals surface area contributed by atoms with Crippen molar-refractivity contribution in [3.63, 3.8) is 0 Å². The molecular weight excluding hydrogens is 322 g/mol. The molecule has 0 aromatic heterocycles. The molecule has 0 aliphatic rings. The summed E-state index contributed by atoms with van der Waals surface area (Å²) in [4.78, 5) is 12.1. The van der Waals surface area contributed by atoms with Crippen molar-refractivity contribution in [2.75, 3.05) is 6.61 Å². The smallest absolute Gasteiger partial charge is 0.261 e. The van der Waals surface area contributed by atoms with Crippen LogP contribution in [0.3, 0.4) is 0 Å². The van der Waals surface area contributed by atoms with Crippen LogP contribution in [0.5, 0.6) is 5.75 Å². The van der Waals surface area contributed by atoms with Gasteiger partial charge in [-0.15, -0.1) is 0 Å². The lowest BCUT2D eigenvalue weighted by atomic mass is 10.0. The van der Waals surface area contributed by atoms with Gasteiger partial charge in [-0.2, -0.15) is 0 Å². The van der Waals surface area contributed by atoms with Crippen LogP contribution in [0.1, 0.15) is 27.2 Å².